The van der Waals surface area contributed by atoms with E-state index in [1.807, 2.05) is 0 Å². The number of nitrogens with zero attached hydrogens (tertiary/aromatic N) is 1. The Morgan fingerprint density at radius 3 is 2.88 bits per heavy atom. The molecule has 6 nitrogen and oxygen atoms in total. The highest BCUT2D eigenvalue weighted by atomic mass is 16.5. The highest BCUT2D eigenvalue weighted by Gasteiger charge is 2.19. The van der Waals surface area contributed by atoms with E-state index in [0.29, 0.717) is 39.3 Å². The van der Waals surface area contributed by atoms with Gasteiger partial charge in [0.25, 0.3) is 0 Å². The maximum atomic E-state index is 11.6. The molecule has 0 radical (unpaired) electrons. The van der Waals surface area contributed by atoms with Crippen molar-refractivity contribution in [3.63, 3.8) is 0 Å². The standard InChI is InChI=1S/C11H20N2O4/c1-16-6-2-7-17-8-5-13-4-3-10(14)12-9-11(13)15/h2-9H2,1H3,(H,12,14). The molecule has 0 saturated carbocycles. The van der Waals surface area contributed by atoms with Gasteiger partial charge in [0.15, 0.2) is 0 Å². The van der Waals surface area contributed by atoms with Gasteiger partial charge in [0.2, 0.25) is 11.8 Å². The number of carbonyl (C=O) groups is 2. The fourth-order valence-electron chi connectivity index (χ4n) is 1.55. The summed E-state index contributed by atoms with van der Waals surface area (Å²) < 4.78 is 10.3. The van der Waals surface area contributed by atoms with E-state index in [1.165, 1.54) is 0 Å². The van der Waals surface area contributed by atoms with E-state index >= 15 is 0 Å². The average molecular weight is 244 g/mol. The van der Waals surface area contributed by atoms with Gasteiger partial charge in [0.05, 0.1) is 13.2 Å². The number of hydrogen-bond donors (Lipinski definition) is 1. The largest absolute Gasteiger partial charge is 0.385 e. The highest BCUT2D eigenvalue weighted by molar-refractivity contribution is 5.87. The molecule has 0 aromatic heterocycles. The molecule has 1 aliphatic heterocycles. The number of rotatable bonds is 7. The van der Waals surface area contributed by atoms with Gasteiger partial charge in [-0.3, -0.25) is 9.59 Å². The molecule has 1 aliphatic rings. The molecule has 1 heterocycles. The van der Waals surface area contributed by atoms with Crippen molar-refractivity contribution in [2.75, 3.05) is 46.6 Å². The summed E-state index contributed by atoms with van der Waals surface area (Å²) in [6.45, 7) is 2.94. The zero-order chi connectivity index (χ0) is 12.5. The van der Waals surface area contributed by atoms with Crippen LogP contribution in [-0.4, -0.2) is 63.3 Å². The van der Waals surface area contributed by atoms with Crippen LogP contribution in [0.5, 0.6) is 0 Å². The first kappa shape index (κ1) is 13.9. The quantitative estimate of drug-likeness (QED) is 0.607. The van der Waals surface area contributed by atoms with E-state index in [9.17, 15) is 9.59 Å². The minimum absolute atomic E-state index is 0.0451. The number of hydrogen-bond acceptors (Lipinski definition) is 4. The van der Waals surface area contributed by atoms with Gasteiger partial charge < -0.3 is 19.7 Å². The van der Waals surface area contributed by atoms with Gasteiger partial charge in [0, 0.05) is 39.8 Å². The number of ether oxygens (including phenoxy) is 2. The molecule has 1 N–H and O–H groups in total. The van der Waals surface area contributed by atoms with E-state index < -0.39 is 0 Å². The summed E-state index contributed by atoms with van der Waals surface area (Å²) >= 11 is 0. The Balaban J connectivity index is 2.12. The van der Waals surface area contributed by atoms with Crippen molar-refractivity contribution in [2.45, 2.75) is 12.8 Å². The molecule has 2 amide bonds. The Morgan fingerprint density at radius 1 is 1.29 bits per heavy atom. The van der Waals surface area contributed by atoms with Crippen LogP contribution in [0.3, 0.4) is 0 Å². The smallest absolute Gasteiger partial charge is 0.242 e. The summed E-state index contributed by atoms with van der Waals surface area (Å²) in [6.07, 6.45) is 1.22. The van der Waals surface area contributed by atoms with Crippen LogP contribution in [0.4, 0.5) is 0 Å². The van der Waals surface area contributed by atoms with Gasteiger partial charge in [0.1, 0.15) is 0 Å². The second kappa shape index (κ2) is 8.03. The molecule has 1 rings (SSSR count). The van der Waals surface area contributed by atoms with E-state index in [-0.39, 0.29) is 18.4 Å². The summed E-state index contributed by atoms with van der Waals surface area (Å²) in [6, 6.07) is 0. The Hall–Kier alpha value is -1.14. The first-order valence-corrected chi connectivity index (χ1v) is 5.85. The van der Waals surface area contributed by atoms with Crippen LogP contribution in [0, 0.1) is 0 Å². The summed E-state index contributed by atoms with van der Waals surface area (Å²) in [4.78, 5) is 24.3. The van der Waals surface area contributed by atoms with Crippen LogP contribution in [-0.2, 0) is 19.1 Å². The van der Waals surface area contributed by atoms with Gasteiger partial charge in [-0.05, 0) is 6.42 Å². The van der Waals surface area contributed by atoms with E-state index in [2.05, 4.69) is 5.32 Å². The molecule has 0 atom stereocenters. The zero-order valence-electron chi connectivity index (χ0n) is 10.2. The van der Waals surface area contributed by atoms with Crippen LogP contribution in [0.2, 0.25) is 0 Å². The summed E-state index contributed by atoms with van der Waals surface area (Å²) in [5.41, 5.74) is 0. The Kier molecular flexibility index (Phi) is 6.57. The molecule has 0 aromatic carbocycles. The van der Waals surface area contributed by atoms with Gasteiger partial charge >= 0.3 is 0 Å². The molecule has 0 aromatic rings. The highest BCUT2D eigenvalue weighted by Crippen LogP contribution is 1.98. The van der Waals surface area contributed by atoms with Gasteiger partial charge in [-0.25, -0.2) is 0 Å². The van der Waals surface area contributed by atoms with Crippen molar-refractivity contribution >= 4 is 11.8 Å². The molecule has 98 valence electrons. The second-order valence-electron chi connectivity index (χ2n) is 3.87. The summed E-state index contributed by atoms with van der Waals surface area (Å²) in [7, 11) is 1.65. The maximum Gasteiger partial charge on any atom is 0.242 e. The van der Waals surface area contributed by atoms with Gasteiger partial charge in [-0.2, -0.15) is 0 Å². The van der Waals surface area contributed by atoms with Crippen molar-refractivity contribution in [3.05, 3.63) is 0 Å². The minimum atomic E-state index is -0.0677. The normalized spacial score (nSPS) is 16.9. The third-order valence-corrected chi connectivity index (χ3v) is 2.54. The molecule has 0 aliphatic carbocycles. The lowest BCUT2D eigenvalue weighted by atomic mass is 10.4. The summed E-state index contributed by atoms with van der Waals surface area (Å²) in [5, 5.41) is 2.56. The fraction of sp³-hybridized carbons (Fsp3) is 0.818. The van der Waals surface area contributed by atoms with Crippen LogP contribution >= 0.6 is 0 Å². The fourth-order valence-corrected chi connectivity index (χ4v) is 1.55. The van der Waals surface area contributed by atoms with Crippen LogP contribution in [0.1, 0.15) is 12.8 Å². The molecule has 17 heavy (non-hydrogen) atoms. The van der Waals surface area contributed by atoms with Crippen molar-refractivity contribution in [3.8, 4) is 0 Å². The van der Waals surface area contributed by atoms with Crippen molar-refractivity contribution in [1.82, 2.24) is 10.2 Å². The van der Waals surface area contributed by atoms with Crippen LogP contribution < -0.4 is 5.32 Å². The van der Waals surface area contributed by atoms with Gasteiger partial charge in [-0.1, -0.05) is 0 Å². The van der Waals surface area contributed by atoms with Crippen LogP contribution in [0.25, 0.3) is 0 Å². The first-order valence-electron chi connectivity index (χ1n) is 5.85. The lowest BCUT2D eigenvalue weighted by Crippen LogP contribution is -2.37. The Morgan fingerprint density at radius 2 is 2.12 bits per heavy atom. The van der Waals surface area contributed by atoms with E-state index in [1.54, 1.807) is 12.0 Å². The van der Waals surface area contributed by atoms with E-state index in [0.717, 1.165) is 6.42 Å². The van der Waals surface area contributed by atoms with Crippen molar-refractivity contribution in [1.29, 1.82) is 0 Å². The molecular weight excluding hydrogens is 224 g/mol. The zero-order valence-corrected chi connectivity index (χ0v) is 10.2. The number of carbonyl (C=O) groups excluding carboxylic acids is 2. The Bertz CT molecular complexity index is 258. The molecule has 1 saturated heterocycles. The molecule has 0 bridgehead atoms. The lowest BCUT2D eigenvalue weighted by molar-refractivity contribution is -0.130. The second-order valence-corrected chi connectivity index (χ2v) is 3.87. The maximum absolute atomic E-state index is 11.6. The van der Waals surface area contributed by atoms with Gasteiger partial charge in [-0.15, -0.1) is 0 Å². The number of nitrogens with one attached hydrogen (secondary N) is 1. The monoisotopic (exact) mass is 244 g/mol. The summed E-state index contributed by atoms with van der Waals surface area (Å²) in [5.74, 6) is -0.113. The molecule has 6 heteroatoms. The third kappa shape index (κ3) is 5.65. The predicted molar refractivity (Wildman–Crippen MR) is 61.5 cm³/mol. The molecule has 0 spiro atoms. The topological polar surface area (TPSA) is 67.9 Å². The number of methoxy groups -OCH3 is 1. The third-order valence-electron chi connectivity index (χ3n) is 2.54. The predicted octanol–water partition coefficient (Wildman–Crippen LogP) is -0.612. The number of amides is 2. The van der Waals surface area contributed by atoms with Crippen LogP contribution in [0.15, 0.2) is 0 Å². The molecule has 1 fully saturated rings. The Labute approximate surface area is 101 Å². The first-order chi connectivity index (χ1) is 8.24. The van der Waals surface area contributed by atoms with Crippen molar-refractivity contribution < 1.29 is 19.1 Å². The average Bonchev–Trinajstić information content (AvgIpc) is 2.48. The molecular formula is C11H20N2O4. The SMILES string of the molecule is COCCCOCCN1CCC(=O)NCC1=O. The lowest BCUT2D eigenvalue weighted by Gasteiger charge is -2.19. The molecule has 0 unspecified atom stereocenters. The minimum Gasteiger partial charge on any atom is -0.385 e. The van der Waals surface area contributed by atoms with E-state index in [4.69, 9.17) is 9.47 Å². The van der Waals surface area contributed by atoms with Crippen molar-refractivity contribution in [2.24, 2.45) is 0 Å².